The van der Waals surface area contributed by atoms with Crippen LogP contribution < -0.4 is 0 Å². The first-order chi connectivity index (χ1) is 8.02. The smallest absolute Gasteiger partial charge is 0.312 e. The molecule has 88 valence electrons. The molecule has 0 saturated carbocycles. The number of nitrogens with zero attached hydrogens (tertiary/aromatic N) is 2. The van der Waals surface area contributed by atoms with Crippen LogP contribution in [-0.4, -0.2) is 28.9 Å². The molecule has 0 fully saturated rings. The summed E-state index contributed by atoms with van der Waals surface area (Å²) in [5, 5.41) is 17.1. The summed E-state index contributed by atoms with van der Waals surface area (Å²) in [6, 6.07) is 8.79. The second kappa shape index (κ2) is 5.66. The van der Waals surface area contributed by atoms with Crippen LogP contribution in [0.3, 0.4) is 0 Å². The summed E-state index contributed by atoms with van der Waals surface area (Å²) in [5.74, 6) is -1.58. The first-order valence-electron chi connectivity index (χ1n) is 4.97. The van der Waals surface area contributed by atoms with Crippen LogP contribution in [0.5, 0.6) is 0 Å². The second-order valence-electron chi connectivity index (χ2n) is 3.63. The fourth-order valence-electron chi connectivity index (χ4n) is 1.31. The Kier molecular flexibility index (Phi) is 4.23. The maximum atomic E-state index is 11.4. The van der Waals surface area contributed by atoms with Crippen molar-refractivity contribution in [2.45, 2.75) is 13.0 Å². The van der Waals surface area contributed by atoms with Gasteiger partial charge in [-0.05, 0) is 17.7 Å². The van der Waals surface area contributed by atoms with E-state index >= 15 is 0 Å². The lowest BCUT2D eigenvalue weighted by Gasteiger charge is -2.16. The van der Waals surface area contributed by atoms with Gasteiger partial charge in [-0.3, -0.25) is 9.59 Å². The number of amides is 1. The first kappa shape index (κ1) is 12.7. The third-order valence-electron chi connectivity index (χ3n) is 2.23. The van der Waals surface area contributed by atoms with Crippen molar-refractivity contribution in [1.82, 2.24) is 4.90 Å². The zero-order valence-corrected chi connectivity index (χ0v) is 9.38. The zero-order valence-electron chi connectivity index (χ0n) is 9.38. The molecule has 0 saturated heterocycles. The number of carbonyl (C=O) groups excluding carboxylic acids is 1. The van der Waals surface area contributed by atoms with Crippen LogP contribution in [0.25, 0.3) is 0 Å². The number of hydrogen-bond acceptors (Lipinski definition) is 3. The van der Waals surface area contributed by atoms with Gasteiger partial charge in [-0.25, -0.2) is 0 Å². The molecule has 0 heterocycles. The van der Waals surface area contributed by atoms with E-state index in [9.17, 15) is 9.59 Å². The van der Waals surface area contributed by atoms with Gasteiger partial charge in [-0.2, -0.15) is 5.26 Å². The molecule has 5 nitrogen and oxygen atoms in total. The van der Waals surface area contributed by atoms with E-state index in [4.69, 9.17) is 10.4 Å². The molecule has 1 aromatic carbocycles. The summed E-state index contributed by atoms with van der Waals surface area (Å²) in [7, 11) is 1.55. The monoisotopic (exact) mass is 232 g/mol. The van der Waals surface area contributed by atoms with E-state index in [-0.39, 0.29) is 0 Å². The van der Waals surface area contributed by atoms with E-state index in [2.05, 4.69) is 0 Å². The van der Waals surface area contributed by atoms with Crippen LogP contribution >= 0.6 is 0 Å². The van der Waals surface area contributed by atoms with Crippen molar-refractivity contribution in [3.8, 4) is 6.07 Å². The van der Waals surface area contributed by atoms with Crippen LogP contribution in [0.2, 0.25) is 0 Å². The minimum atomic E-state index is -1.14. The summed E-state index contributed by atoms with van der Waals surface area (Å²) in [6.07, 6.45) is -0.507. The van der Waals surface area contributed by atoms with E-state index in [1.165, 1.54) is 4.90 Å². The van der Waals surface area contributed by atoms with Gasteiger partial charge in [-0.15, -0.1) is 0 Å². The number of carboxylic acids is 1. The van der Waals surface area contributed by atoms with E-state index in [1.807, 2.05) is 6.07 Å². The average Bonchev–Trinajstić information content (AvgIpc) is 2.29. The van der Waals surface area contributed by atoms with Crippen LogP contribution in [0.15, 0.2) is 24.3 Å². The van der Waals surface area contributed by atoms with Gasteiger partial charge in [0, 0.05) is 13.6 Å². The standard InChI is InChI=1S/C12H12N2O3/c1-14(11(15)6-12(16)17)8-10-4-2-9(7-13)3-5-10/h2-5H,6,8H2,1H3,(H,16,17). The number of hydrogen-bond donors (Lipinski definition) is 1. The van der Waals surface area contributed by atoms with Crippen molar-refractivity contribution in [2.24, 2.45) is 0 Å². The Morgan fingerprint density at radius 3 is 2.41 bits per heavy atom. The van der Waals surface area contributed by atoms with Crippen molar-refractivity contribution in [3.63, 3.8) is 0 Å². The van der Waals surface area contributed by atoms with Gasteiger partial charge in [0.2, 0.25) is 5.91 Å². The Morgan fingerprint density at radius 2 is 1.94 bits per heavy atom. The highest BCUT2D eigenvalue weighted by molar-refractivity contribution is 5.93. The number of carboxylic acid groups (broad SMARTS) is 1. The molecule has 1 amide bonds. The molecule has 0 unspecified atom stereocenters. The van der Waals surface area contributed by atoms with Crippen molar-refractivity contribution in [1.29, 1.82) is 5.26 Å². The highest BCUT2D eigenvalue weighted by Crippen LogP contribution is 2.06. The second-order valence-corrected chi connectivity index (χ2v) is 3.63. The Morgan fingerprint density at radius 1 is 1.35 bits per heavy atom. The van der Waals surface area contributed by atoms with E-state index in [1.54, 1.807) is 31.3 Å². The molecule has 0 aliphatic carbocycles. The van der Waals surface area contributed by atoms with Crippen LogP contribution in [0.4, 0.5) is 0 Å². The van der Waals surface area contributed by atoms with Gasteiger partial charge in [0.05, 0.1) is 11.6 Å². The van der Waals surface area contributed by atoms with Gasteiger partial charge >= 0.3 is 5.97 Å². The van der Waals surface area contributed by atoms with Crippen LogP contribution in [-0.2, 0) is 16.1 Å². The largest absolute Gasteiger partial charge is 0.481 e. The van der Waals surface area contributed by atoms with Crippen molar-refractivity contribution in [3.05, 3.63) is 35.4 Å². The van der Waals surface area contributed by atoms with E-state index in [0.717, 1.165) is 5.56 Å². The molecule has 0 aromatic heterocycles. The molecule has 5 heteroatoms. The third kappa shape index (κ3) is 3.95. The number of benzene rings is 1. The Bertz CT molecular complexity index is 460. The highest BCUT2D eigenvalue weighted by Gasteiger charge is 2.12. The molecule has 1 aromatic rings. The highest BCUT2D eigenvalue weighted by atomic mass is 16.4. The minimum Gasteiger partial charge on any atom is -0.481 e. The van der Waals surface area contributed by atoms with Crippen molar-refractivity contribution in [2.75, 3.05) is 7.05 Å². The maximum absolute atomic E-state index is 11.4. The van der Waals surface area contributed by atoms with E-state index < -0.39 is 18.3 Å². The summed E-state index contributed by atoms with van der Waals surface area (Å²) in [6.45, 7) is 0.331. The van der Waals surface area contributed by atoms with Crippen molar-refractivity contribution >= 4 is 11.9 Å². The Labute approximate surface area is 98.9 Å². The topological polar surface area (TPSA) is 81.4 Å². The Balaban J connectivity index is 2.61. The fraction of sp³-hybridized carbons (Fsp3) is 0.250. The van der Waals surface area contributed by atoms with Gasteiger partial charge in [0.15, 0.2) is 0 Å². The maximum Gasteiger partial charge on any atom is 0.312 e. The van der Waals surface area contributed by atoms with E-state index in [0.29, 0.717) is 12.1 Å². The zero-order chi connectivity index (χ0) is 12.8. The normalized spacial score (nSPS) is 9.41. The van der Waals surface area contributed by atoms with Gasteiger partial charge in [0.25, 0.3) is 0 Å². The minimum absolute atomic E-state index is 0.331. The molecule has 0 atom stereocenters. The first-order valence-corrected chi connectivity index (χ1v) is 4.97. The van der Waals surface area contributed by atoms with Gasteiger partial charge in [0.1, 0.15) is 6.42 Å². The summed E-state index contributed by atoms with van der Waals surface area (Å²) >= 11 is 0. The molecule has 1 N–H and O–H groups in total. The molecule has 0 aliphatic rings. The van der Waals surface area contributed by atoms with Crippen LogP contribution in [0, 0.1) is 11.3 Å². The molecular weight excluding hydrogens is 220 g/mol. The van der Waals surface area contributed by atoms with Gasteiger partial charge < -0.3 is 10.0 Å². The predicted octanol–water partition coefficient (Wildman–Crippen LogP) is 0.991. The number of nitriles is 1. The summed E-state index contributed by atoms with van der Waals surface area (Å²) < 4.78 is 0. The Hall–Kier alpha value is -2.35. The molecular formula is C12H12N2O3. The lowest BCUT2D eigenvalue weighted by molar-refractivity contribution is -0.143. The number of rotatable bonds is 4. The molecule has 0 radical (unpaired) electrons. The molecule has 17 heavy (non-hydrogen) atoms. The third-order valence-corrected chi connectivity index (χ3v) is 2.23. The fourth-order valence-corrected chi connectivity index (χ4v) is 1.31. The summed E-state index contributed by atoms with van der Waals surface area (Å²) in [4.78, 5) is 23.1. The molecule has 0 bridgehead atoms. The number of aliphatic carboxylic acids is 1. The SMILES string of the molecule is CN(Cc1ccc(C#N)cc1)C(=O)CC(=O)O. The summed E-state index contributed by atoms with van der Waals surface area (Å²) in [5.41, 5.74) is 1.40. The average molecular weight is 232 g/mol. The number of carbonyl (C=O) groups is 2. The quantitative estimate of drug-likeness (QED) is 0.785. The molecule has 1 rings (SSSR count). The van der Waals surface area contributed by atoms with Crippen molar-refractivity contribution < 1.29 is 14.7 Å². The predicted molar refractivity (Wildman–Crippen MR) is 59.9 cm³/mol. The molecule has 0 spiro atoms. The van der Waals surface area contributed by atoms with Crippen LogP contribution in [0.1, 0.15) is 17.5 Å². The van der Waals surface area contributed by atoms with Gasteiger partial charge in [-0.1, -0.05) is 12.1 Å². The molecule has 0 aliphatic heterocycles. The lowest BCUT2D eigenvalue weighted by Crippen LogP contribution is -2.27. The lowest BCUT2D eigenvalue weighted by atomic mass is 10.1.